The third-order valence-corrected chi connectivity index (χ3v) is 1.66. The van der Waals surface area contributed by atoms with Crippen LogP contribution >= 0.6 is 11.6 Å². The number of halogens is 3. The summed E-state index contributed by atoms with van der Waals surface area (Å²) in [6.45, 7) is 0. The maximum Gasteiger partial charge on any atom is 0.211 e. The monoisotopic (exact) mass is 232 g/mol. The van der Waals surface area contributed by atoms with Gasteiger partial charge in [0.2, 0.25) is 5.96 Å². The average molecular weight is 233 g/mol. The maximum absolute atomic E-state index is 12.8. The molecule has 4 N–H and O–H groups in total. The van der Waals surface area contributed by atoms with Crippen molar-refractivity contribution in [3.05, 3.63) is 34.4 Å². The Morgan fingerprint density at radius 2 is 2.00 bits per heavy atom. The molecule has 0 atom stereocenters. The Balaban J connectivity index is 2.98. The highest BCUT2D eigenvalue weighted by atomic mass is 35.5. The highest BCUT2D eigenvalue weighted by Gasteiger charge is 2.07. The first-order chi connectivity index (χ1) is 7.00. The molecule has 0 aliphatic heterocycles. The molecule has 0 aliphatic carbocycles. The summed E-state index contributed by atoms with van der Waals surface area (Å²) in [4.78, 5) is 0. The van der Waals surface area contributed by atoms with Crippen LogP contribution in [-0.4, -0.2) is 12.2 Å². The molecule has 0 heterocycles. The lowest BCUT2D eigenvalue weighted by Gasteiger charge is -1.97. The van der Waals surface area contributed by atoms with Gasteiger partial charge < -0.3 is 11.5 Å². The molecule has 1 rings (SSSR count). The largest absolute Gasteiger partial charge is 0.369 e. The van der Waals surface area contributed by atoms with E-state index >= 15 is 0 Å². The van der Waals surface area contributed by atoms with Crippen molar-refractivity contribution < 1.29 is 8.78 Å². The van der Waals surface area contributed by atoms with Crippen LogP contribution in [0.3, 0.4) is 0 Å². The molecule has 0 fully saturated rings. The van der Waals surface area contributed by atoms with Gasteiger partial charge in [-0.3, -0.25) is 0 Å². The zero-order chi connectivity index (χ0) is 11.4. The fraction of sp³-hybridized carbons (Fsp3) is 0. The van der Waals surface area contributed by atoms with Crippen molar-refractivity contribution in [2.75, 3.05) is 0 Å². The predicted octanol–water partition coefficient (Wildman–Crippen LogP) is 1.23. The van der Waals surface area contributed by atoms with Crippen molar-refractivity contribution in [1.29, 1.82) is 0 Å². The molecule has 1 aromatic rings. The third kappa shape index (κ3) is 3.17. The number of benzene rings is 1. The van der Waals surface area contributed by atoms with Gasteiger partial charge in [-0.2, -0.15) is 5.10 Å². The summed E-state index contributed by atoms with van der Waals surface area (Å²) in [5, 5.41) is 6.37. The normalized spacial score (nSPS) is 10.6. The van der Waals surface area contributed by atoms with Crippen molar-refractivity contribution in [2.45, 2.75) is 0 Å². The highest BCUT2D eigenvalue weighted by Crippen LogP contribution is 2.18. The molecule has 15 heavy (non-hydrogen) atoms. The van der Waals surface area contributed by atoms with Crippen LogP contribution in [0.4, 0.5) is 8.78 Å². The van der Waals surface area contributed by atoms with Gasteiger partial charge in [-0.1, -0.05) is 11.6 Å². The van der Waals surface area contributed by atoms with Crippen LogP contribution in [0.25, 0.3) is 0 Å². The molecule has 1 aromatic carbocycles. The second kappa shape index (κ2) is 4.70. The highest BCUT2D eigenvalue weighted by molar-refractivity contribution is 6.31. The molecule has 7 heteroatoms. The SMILES string of the molecule is NC(N)=NN=Cc1cc(F)c(F)c(Cl)c1. The molecule has 4 nitrogen and oxygen atoms in total. The van der Waals surface area contributed by atoms with Gasteiger partial charge in [0.1, 0.15) is 0 Å². The van der Waals surface area contributed by atoms with E-state index in [4.69, 9.17) is 23.1 Å². The number of nitrogens with two attached hydrogens (primary N) is 2. The number of hydrogen-bond donors (Lipinski definition) is 2. The first-order valence-corrected chi connectivity index (χ1v) is 4.15. The van der Waals surface area contributed by atoms with Crippen LogP contribution in [0, 0.1) is 11.6 Å². The molecule has 0 saturated heterocycles. The number of guanidine groups is 1. The quantitative estimate of drug-likeness (QED) is 0.348. The predicted molar refractivity (Wildman–Crippen MR) is 54.8 cm³/mol. The minimum atomic E-state index is -1.10. The van der Waals surface area contributed by atoms with E-state index in [2.05, 4.69) is 10.2 Å². The van der Waals surface area contributed by atoms with Gasteiger partial charge in [-0.15, -0.1) is 5.10 Å². The Morgan fingerprint density at radius 1 is 1.33 bits per heavy atom. The van der Waals surface area contributed by atoms with Crippen molar-refractivity contribution in [1.82, 2.24) is 0 Å². The Labute approximate surface area is 89.2 Å². The Morgan fingerprint density at radius 3 is 2.53 bits per heavy atom. The molecule has 0 spiro atoms. The fourth-order valence-electron chi connectivity index (χ4n) is 0.812. The van der Waals surface area contributed by atoms with Crippen LogP contribution < -0.4 is 11.5 Å². The lowest BCUT2D eigenvalue weighted by Crippen LogP contribution is -2.21. The zero-order valence-corrected chi connectivity index (χ0v) is 8.17. The first kappa shape index (κ1) is 11.4. The topological polar surface area (TPSA) is 76.8 Å². The average Bonchev–Trinajstić information content (AvgIpc) is 2.13. The van der Waals surface area contributed by atoms with Gasteiger partial charge in [0.05, 0.1) is 11.2 Å². The molecule has 0 saturated carbocycles. The Kier molecular flexibility index (Phi) is 3.56. The van der Waals surface area contributed by atoms with Crippen LogP contribution in [0.1, 0.15) is 5.56 Å². The summed E-state index contributed by atoms with van der Waals surface area (Å²) in [6, 6.07) is 2.12. The minimum Gasteiger partial charge on any atom is -0.369 e. The number of nitrogens with zero attached hydrogens (tertiary/aromatic N) is 2. The molecule has 0 bridgehead atoms. The molecule has 0 aliphatic rings. The van der Waals surface area contributed by atoms with E-state index in [0.29, 0.717) is 0 Å². The van der Waals surface area contributed by atoms with Crippen LogP contribution in [0.5, 0.6) is 0 Å². The maximum atomic E-state index is 12.8. The van der Waals surface area contributed by atoms with Crippen LogP contribution in [0.2, 0.25) is 5.02 Å². The van der Waals surface area contributed by atoms with Crippen LogP contribution in [-0.2, 0) is 0 Å². The Hall–Kier alpha value is -1.69. The van der Waals surface area contributed by atoms with E-state index in [0.717, 1.165) is 12.3 Å². The summed E-state index contributed by atoms with van der Waals surface area (Å²) in [5.74, 6) is -2.40. The van der Waals surface area contributed by atoms with E-state index in [9.17, 15) is 8.78 Å². The van der Waals surface area contributed by atoms with E-state index in [1.54, 1.807) is 0 Å². The molecule has 0 aromatic heterocycles. The van der Waals surface area contributed by atoms with Crippen LogP contribution in [0.15, 0.2) is 22.3 Å². The summed E-state index contributed by atoms with van der Waals surface area (Å²) in [7, 11) is 0. The molecule has 80 valence electrons. The summed E-state index contributed by atoms with van der Waals surface area (Å²) in [6.07, 6.45) is 1.15. The first-order valence-electron chi connectivity index (χ1n) is 3.77. The van der Waals surface area contributed by atoms with Gasteiger partial charge in [0, 0.05) is 0 Å². The van der Waals surface area contributed by atoms with E-state index in [1.165, 1.54) is 6.07 Å². The van der Waals surface area contributed by atoms with Crippen molar-refractivity contribution >= 4 is 23.8 Å². The molecule has 0 amide bonds. The van der Waals surface area contributed by atoms with E-state index < -0.39 is 11.6 Å². The van der Waals surface area contributed by atoms with E-state index in [1.807, 2.05) is 0 Å². The summed E-state index contributed by atoms with van der Waals surface area (Å²) < 4.78 is 25.6. The smallest absolute Gasteiger partial charge is 0.211 e. The minimum absolute atomic E-state index is 0.236. The lowest BCUT2D eigenvalue weighted by molar-refractivity contribution is 0.509. The third-order valence-electron chi connectivity index (χ3n) is 1.39. The summed E-state index contributed by atoms with van der Waals surface area (Å²) >= 11 is 5.40. The standard InChI is InChI=1S/C8H7ClF2N4/c9-5-1-4(2-6(10)7(5)11)3-14-15-8(12)13/h1-3H,(H4,12,13,15). The second-order valence-corrected chi connectivity index (χ2v) is 2.98. The molecular formula is C8H7ClF2N4. The zero-order valence-electron chi connectivity index (χ0n) is 7.42. The second-order valence-electron chi connectivity index (χ2n) is 2.57. The summed E-state index contributed by atoms with van der Waals surface area (Å²) in [5.41, 5.74) is 10.2. The van der Waals surface area contributed by atoms with Gasteiger partial charge in [0.15, 0.2) is 11.6 Å². The number of hydrogen-bond acceptors (Lipinski definition) is 2. The molecule has 0 unspecified atom stereocenters. The van der Waals surface area contributed by atoms with Gasteiger partial charge in [-0.25, -0.2) is 8.78 Å². The molecule has 0 radical (unpaired) electrons. The lowest BCUT2D eigenvalue weighted by atomic mass is 10.2. The van der Waals surface area contributed by atoms with Crippen molar-refractivity contribution in [3.8, 4) is 0 Å². The van der Waals surface area contributed by atoms with E-state index in [-0.39, 0.29) is 16.5 Å². The van der Waals surface area contributed by atoms with Crippen molar-refractivity contribution in [3.63, 3.8) is 0 Å². The molecular weight excluding hydrogens is 226 g/mol. The van der Waals surface area contributed by atoms with Gasteiger partial charge >= 0.3 is 0 Å². The fourth-order valence-corrected chi connectivity index (χ4v) is 1.03. The Bertz CT molecular complexity index is 404. The van der Waals surface area contributed by atoms with Gasteiger partial charge in [0.25, 0.3) is 0 Å². The van der Waals surface area contributed by atoms with Crippen molar-refractivity contribution in [2.24, 2.45) is 21.7 Å². The number of rotatable bonds is 2. The van der Waals surface area contributed by atoms with Gasteiger partial charge in [-0.05, 0) is 17.7 Å².